The molecule has 2 bridgehead atoms. The number of hydrogen-bond acceptors (Lipinski definition) is 5. The lowest BCUT2D eigenvalue weighted by atomic mass is 9.66. The van der Waals surface area contributed by atoms with Gasteiger partial charge in [-0.3, -0.25) is 9.59 Å². The molecule has 150 valence electrons. The number of ether oxygens (including phenoxy) is 1. The topological polar surface area (TPSA) is 120 Å². The van der Waals surface area contributed by atoms with Crippen LogP contribution in [0.5, 0.6) is 0 Å². The maximum Gasteiger partial charge on any atom is 0.417 e. The van der Waals surface area contributed by atoms with Gasteiger partial charge >= 0.3 is 12.1 Å². The fraction of sp³-hybridized carbons (Fsp3) is 0.500. The Labute approximate surface area is 157 Å². The number of anilines is 1. The van der Waals surface area contributed by atoms with Crippen LogP contribution in [0.4, 0.5) is 18.9 Å². The molecular weight excluding hydrogens is 381 g/mol. The number of nitrogens with zero attached hydrogens (tertiary/aromatic N) is 1. The highest BCUT2D eigenvalue weighted by Crippen LogP contribution is 2.57. The zero-order valence-electron chi connectivity index (χ0n) is 14.9. The Bertz CT molecular complexity index is 896. The first-order valence-electron chi connectivity index (χ1n) is 8.37. The van der Waals surface area contributed by atoms with Crippen LogP contribution in [-0.2, 0) is 20.5 Å². The quantitative estimate of drug-likeness (QED) is 0.718. The van der Waals surface area contributed by atoms with Gasteiger partial charge in [0.2, 0.25) is 5.91 Å². The van der Waals surface area contributed by atoms with Crippen molar-refractivity contribution in [2.75, 3.05) is 5.32 Å². The number of amides is 1. The van der Waals surface area contributed by atoms with E-state index < -0.39 is 58.3 Å². The molecule has 0 unspecified atom stereocenters. The van der Waals surface area contributed by atoms with Gasteiger partial charge in [0.05, 0.1) is 40.7 Å². The van der Waals surface area contributed by atoms with Crippen molar-refractivity contribution in [2.24, 2.45) is 11.8 Å². The molecule has 2 saturated heterocycles. The van der Waals surface area contributed by atoms with E-state index in [1.165, 1.54) is 19.9 Å². The van der Waals surface area contributed by atoms with Crippen molar-refractivity contribution in [1.29, 1.82) is 5.26 Å². The van der Waals surface area contributed by atoms with Gasteiger partial charge in [0.1, 0.15) is 5.60 Å². The third-order valence-electron chi connectivity index (χ3n) is 5.58. The molecule has 0 radical (unpaired) electrons. The molecule has 0 saturated carbocycles. The third kappa shape index (κ3) is 2.91. The van der Waals surface area contributed by atoms with Crippen LogP contribution in [0.1, 0.15) is 31.4 Å². The first-order valence-corrected chi connectivity index (χ1v) is 8.37. The second kappa shape index (κ2) is 6.18. The third-order valence-corrected chi connectivity index (χ3v) is 5.58. The Morgan fingerprint density at radius 3 is 2.50 bits per heavy atom. The first kappa shape index (κ1) is 20.1. The van der Waals surface area contributed by atoms with Crippen molar-refractivity contribution in [1.82, 2.24) is 0 Å². The molecule has 1 amide bonds. The molecule has 2 aliphatic heterocycles. The molecule has 0 spiro atoms. The number of carbonyl (C=O) groups is 2. The van der Waals surface area contributed by atoms with Crippen LogP contribution in [-0.4, -0.2) is 39.4 Å². The maximum absolute atomic E-state index is 13.1. The number of benzene rings is 1. The smallest absolute Gasteiger partial charge is 0.417 e. The molecule has 28 heavy (non-hydrogen) atoms. The van der Waals surface area contributed by atoms with Gasteiger partial charge in [-0.15, -0.1) is 0 Å². The Morgan fingerprint density at radius 2 is 1.96 bits per heavy atom. The lowest BCUT2D eigenvalue weighted by Crippen LogP contribution is -2.54. The molecule has 2 aliphatic rings. The van der Waals surface area contributed by atoms with E-state index in [0.29, 0.717) is 6.07 Å². The average molecular weight is 398 g/mol. The summed E-state index contributed by atoms with van der Waals surface area (Å²) in [6, 6.07) is 4.09. The predicted molar refractivity (Wildman–Crippen MR) is 87.9 cm³/mol. The number of rotatable bonds is 3. The Balaban J connectivity index is 1.95. The number of halogens is 3. The van der Waals surface area contributed by atoms with Crippen LogP contribution >= 0.6 is 0 Å². The molecule has 3 N–H and O–H groups in total. The van der Waals surface area contributed by atoms with Gasteiger partial charge in [0, 0.05) is 12.1 Å². The number of nitrogens with one attached hydrogen (secondary N) is 1. The standard InChI is InChI=1S/C18H17F3N2O5/c1-16-6-11(24)17(2,28-16)12(13(16)15(26)27)14(25)23-9-4-3-8(7-22)10(5-9)18(19,20)21/h3-5,11-13,24H,6H2,1-2H3,(H,23,25)(H,26,27)/t11-,12+,13-,16+,17-/m0/s1. The number of carboxylic acids is 1. The molecular formula is C18H17F3N2O5. The molecule has 7 nitrogen and oxygen atoms in total. The largest absolute Gasteiger partial charge is 0.481 e. The second-order valence-electron chi connectivity index (χ2n) is 7.47. The van der Waals surface area contributed by atoms with Gasteiger partial charge in [-0.25, -0.2) is 0 Å². The lowest BCUT2D eigenvalue weighted by Gasteiger charge is -2.36. The fourth-order valence-corrected chi connectivity index (χ4v) is 4.33. The molecule has 5 atom stereocenters. The van der Waals surface area contributed by atoms with E-state index in [4.69, 9.17) is 10.00 Å². The lowest BCUT2D eigenvalue weighted by molar-refractivity contribution is -0.151. The fourth-order valence-electron chi connectivity index (χ4n) is 4.33. The van der Waals surface area contributed by atoms with E-state index in [0.717, 1.165) is 12.1 Å². The molecule has 0 aromatic heterocycles. The number of carboxylic acid groups (broad SMARTS) is 1. The molecule has 0 aliphatic carbocycles. The summed E-state index contributed by atoms with van der Waals surface area (Å²) in [6.07, 6.45) is -5.88. The number of alkyl halides is 3. The van der Waals surface area contributed by atoms with Crippen LogP contribution < -0.4 is 5.32 Å². The minimum Gasteiger partial charge on any atom is -0.481 e. The van der Waals surface area contributed by atoms with Gasteiger partial charge in [0.25, 0.3) is 0 Å². The van der Waals surface area contributed by atoms with E-state index in [2.05, 4.69) is 5.32 Å². The highest BCUT2D eigenvalue weighted by atomic mass is 19.4. The maximum atomic E-state index is 13.1. The number of hydrogen-bond donors (Lipinski definition) is 3. The molecule has 1 aromatic rings. The number of carbonyl (C=O) groups excluding carboxylic acids is 1. The summed E-state index contributed by atoms with van der Waals surface area (Å²) in [5.74, 6) is -4.77. The van der Waals surface area contributed by atoms with Crippen molar-refractivity contribution in [2.45, 2.75) is 43.8 Å². The first-order chi connectivity index (χ1) is 12.8. The van der Waals surface area contributed by atoms with E-state index in [1.54, 1.807) is 0 Å². The summed E-state index contributed by atoms with van der Waals surface area (Å²) < 4.78 is 45.0. The summed E-state index contributed by atoms with van der Waals surface area (Å²) in [7, 11) is 0. The van der Waals surface area contributed by atoms with Gasteiger partial charge in [0.15, 0.2) is 0 Å². The molecule has 2 fully saturated rings. The summed E-state index contributed by atoms with van der Waals surface area (Å²) in [5, 5.41) is 31.0. The van der Waals surface area contributed by atoms with E-state index in [-0.39, 0.29) is 12.1 Å². The minimum atomic E-state index is -4.80. The van der Waals surface area contributed by atoms with Crippen LogP contribution in [0, 0.1) is 23.2 Å². The van der Waals surface area contributed by atoms with Crippen LogP contribution in [0.2, 0.25) is 0 Å². The van der Waals surface area contributed by atoms with Gasteiger partial charge in [-0.1, -0.05) is 0 Å². The summed E-state index contributed by atoms with van der Waals surface area (Å²) in [6.45, 7) is 2.90. The SMILES string of the molecule is C[C@]12O[C@](C)(C[C@@H]1O)[C@H](C(=O)O)[C@@H]2C(=O)Nc1ccc(C#N)c(C(F)(F)F)c1. The average Bonchev–Trinajstić information content (AvgIpc) is 2.95. The highest BCUT2D eigenvalue weighted by Gasteiger charge is 2.71. The summed E-state index contributed by atoms with van der Waals surface area (Å²) >= 11 is 0. The highest BCUT2D eigenvalue weighted by molar-refractivity contribution is 5.97. The van der Waals surface area contributed by atoms with E-state index >= 15 is 0 Å². The monoisotopic (exact) mass is 398 g/mol. The zero-order valence-corrected chi connectivity index (χ0v) is 14.9. The zero-order chi connectivity index (χ0) is 21.1. The molecule has 1 aromatic carbocycles. The molecule has 3 rings (SSSR count). The predicted octanol–water partition coefficient (Wildman–Crippen LogP) is 2.14. The Kier molecular flexibility index (Phi) is 4.44. The second-order valence-corrected chi connectivity index (χ2v) is 7.47. The number of aliphatic hydroxyl groups is 1. The van der Waals surface area contributed by atoms with Crippen molar-refractivity contribution < 1.29 is 37.7 Å². The van der Waals surface area contributed by atoms with Crippen LogP contribution in [0.15, 0.2) is 18.2 Å². The minimum absolute atomic E-state index is 0.0271. The number of nitriles is 1. The summed E-state index contributed by atoms with van der Waals surface area (Å²) in [5.41, 5.74) is -4.82. The van der Waals surface area contributed by atoms with Gasteiger partial charge < -0.3 is 20.3 Å². The number of aliphatic hydroxyl groups excluding tert-OH is 1. The van der Waals surface area contributed by atoms with Crippen molar-refractivity contribution in [3.05, 3.63) is 29.3 Å². The molecule has 2 heterocycles. The number of aliphatic carboxylic acids is 1. The van der Waals surface area contributed by atoms with Crippen LogP contribution in [0.3, 0.4) is 0 Å². The van der Waals surface area contributed by atoms with Crippen molar-refractivity contribution >= 4 is 17.6 Å². The van der Waals surface area contributed by atoms with Gasteiger partial charge in [-0.2, -0.15) is 18.4 Å². The van der Waals surface area contributed by atoms with Crippen LogP contribution in [0.25, 0.3) is 0 Å². The van der Waals surface area contributed by atoms with Gasteiger partial charge in [-0.05, 0) is 32.0 Å². The summed E-state index contributed by atoms with van der Waals surface area (Å²) in [4.78, 5) is 24.6. The Morgan fingerprint density at radius 1 is 1.32 bits per heavy atom. The van der Waals surface area contributed by atoms with E-state index in [9.17, 15) is 33.0 Å². The van der Waals surface area contributed by atoms with Crippen molar-refractivity contribution in [3.8, 4) is 6.07 Å². The van der Waals surface area contributed by atoms with E-state index in [1.807, 2.05) is 0 Å². The normalized spacial score (nSPS) is 34.1. The Hall–Kier alpha value is -2.64. The van der Waals surface area contributed by atoms with Crippen molar-refractivity contribution in [3.63, 3.8) is 0 Å². The molecule has 10 heteroatoms. The number of fused-ring (bicyclic) bond motifs is 2.